The monoisotopic (exact) mass is 157 g/mol. The van der Waals surface area contributed by atoms with Gasteiger partial charge in [0.05, 0.1) is 18.8 Å². The predicted molar refractivity (Wildman–Crippen MR) is 42.2 cm³/mol. The first-order valence-electron chi connectivity index (χ1n) is 4.14. The van der Waals surface area contributed by atoms with Gasteiger partial charge in [0, 0.05) is 6.42 Å². The normalized spacial score (nSPS) is 24.7. The van der Waals surface area contributed by atoms with E-state index in [1.54, 1.807) is 0 Å². The third kappa shape index (κ3) is 2.99. The van der Waals surface area contributed by atoms with Crippen LogP contribution in [-0.4, -0.2) is 24.5 Å². The van der Waals surface area contributed by atoms with Crippen LogP contribution in [0.1, 0.15) is 26.2 Å². The second kappa shape index (κ2) is 3.83. The lowest BCUT2D eigenvalue weighted by molar-refractivity contribution is -0.120. The number of hydrogen-bond acceptors (Lipinski definition) is 3. The van der Waals surface area contributed by atoms with Crippen molar-refractivity contribution in [2.45, 2.75) is 38.3 Å². The van der Waals surface area contributed by atoms with Crippen LogP contribution < -0.4 is 5.73 Å². The number of Topliss-reactive ketones (excluding diaryl/α,β-unsaturated/α-hetero) is 1. The van der Waals surface area contributed by atoms with Gasteiger partial charge in [-0.2, -0.15) is 0 Å². The standard InChI is InChI=1S/C8H15NO2/c1-2-7(9)8(10)4-3-6-5-11-6/h6-7H,2-5,9H2,1H3/t6?,7-/m0/s1. The molecule has 0 aromatic rings. The van der Waals surface area contributed by atoms with Gasteiger partial charge >= 0.3 is 0 Å². The number of nitrogens with two attached hydrogens (primary N) is 1. The van der Waals surface area contributed by atoms with Crippen LogP contribution >= 0.6 is 0 Å². The SMILES string of the molecule is CC[C@H](N)C(=O)CCC1CO1. The number of hydrogen-bond donors (Lipinski definition) is 1. The van der Waals surface area contributed by atoms with Crippen molar-refractivity contribution in [3.8, 4) is 0 Å². The molecule has 2 N–H and O–H groups in total. The maximum atomic E-state index is 11.1. The van der Waals surface area contributed by atoms with Gasteiger partial charge in [-0.1, -0.05) is 6.92 Å². The Morgan fingerprint density at radius 1 is 1.82 bits per heavy atom. The first-order valence-corrected chi connectivity index (χ1v) is 4.14. The van der Waals surface area contributed by atoms with E-state index in [0.29, 0.717) is 12.5 Å². The van der Waals surface area contributed by atoms with Gasteiger partial charge in [-0.25, -0.2) is 0 Å². The Hall–Kier alpha value is -0.410. The molecule has 0 aromatic heterocycles. The van der Waals surface area contributed by atoms with Crippen LogP contribution in [0.15, 0.2) is 0 Å². The zero-order valence-corrected chi connectivity index (χ0v) is 6.88. The summed E-state index contributed by atoms with van der Waals surface area (Å²) in [6.45, 7) is 2.75. The van der Waals surface area contributed by atoms with Crippen molar-refractivity contribution in [2.75, 3.05) is 6.61 Å². The number of carbonyl (C=O) groups is 1. The summed E-state index contributed by atoms with van der Waals surface area (Å²) in [6.07, 6.45) is 2.53. The van der Waals surface area contributed by atoms with E-state index in [1.165, 1.54) is 0 Å². The summed E-state index contributed by atoms with van der Waals surface area (Å²) in [7, 11) is 0. The lowest BCUT2D eigenvalue weighted by Gasteiger charge is -2.05. The van der Waals surface area contributed by atoms with Gasteiger partial charge in [0.1, 0.15) is 5.78 Å². The molecule has 0 bridgehead atoms. The largest absolute Gasteiger partial charge is 0.373 e. The smallest absolute Gasteiger partial charge is 0.149 e. The van der Waals surface area contributed by atoms with E-state index >= 15 is 0 Å². The van der Waals surface area contributed by atoms with Gasteiger partial charge in [0.2, 0.25) is 0 Å². The highest BCUT2D eigenvalue weighted by molar-refractivity contribution is 5.83. The lowest BCUT2D eigenvalue weighted by atomic mass is 10.1. The summed E-state index contributed by atoms with van der Waals surface area (Å²) < 4.78 is 4.98. The number of ether oxygens (including phenoxy) is 1. The number of ketones is 1. The van der Waals surface area contributed by atoms with E-state index in [9.17, 15) is 4.79 Å². The van der Waals surface area contributed by atoms with E-state index in [0.717, 1.165) is 19.4 Å². The second-order valence-electron chi connectivity index (χ2n) is 2.98. The number of epoxide rings is 1. The molecule has 11 heavy (non-hydrogen) atoms. The lowest BCUT2D eigenvalue weighted by Crippen LogP contribution is -2.29. The topological polar surface area (TPSA) is 55.6 Å². The first kappa shape index (κ1) is 8.68. The average Bonchev–Trinajstić information content (AvgIpc) is 2.81. The second-order valence-corrected chi connectivity index (χ2v) is 2.98. The summed E-state index contributed by atoms with van der Waals surface area (Å²) in [5, 5.41) is 0. The molecular formula is C8H15NO2. The zero-order valence-electron chi connectivity index (χ0n) is 6.88. The Balaban J connectivity index is 2.08. The maximum absolute atomic E-state index is 11.1. The first-order chi connectivity index (χ1) is 5.24. The Labute approximate surface area is 66.9 Å². The molecular weight excluding hydrogens is 142 g/mol. The van der Waals surface area contributed by atoms with Crippen molar-refractivity contribution in [1.82, 2.24) is 0 Å². The van der Waals surface area contributed by atoms with Crippen molar-refractivity contribution in [2.24, 2.45) is 5.73 Å². The van der Waals surface area contributed by atoms with Crippen molar-refractivity contribution in [1.29, 1.82) is 0 Å². The third-order valence-corrected chi connectivity index (χ3v) is 1.97. The molecule has 1 saturated heterocycles. The minimum absolute atomic E-state index is 0.169. The van der Waals surface area contributed by atoms with Crippen LogP contribution in [0.5, 0.6) is 0 Å². The molecule has 3 nitrogen and oxygen atoms in total. The van der Waals surface area contributed by atoms with Gasteiger partial charge in [0.25, 0.3) is 0 Å². The molecule has 1 unspecified atom stereocenters. The molecule has 0 saturated carbocycles. The number of rotatable bonds is 5. The number of carbonyl (C=O) groups excluding carboxylic acids is 1. The molecule has 2 atom stereocenters. The van der Waals surface area contributed by atoms with Crippen molar-refractivity contribution in [3.05, 3.63) is 0 Å². The Morgan fingerprint density at radius 2 is 2.45 bits per heavy atom. The molecule has 64 valence electrons. The minimum Gasteiger partial charge on any atom is -0.373 e. The Kier molecular flexibility index (Phi) is 3.02. The summed E-state index contributed by atoms with van der Waals surface area (Å²) in [4.78, 5) is 11.1. The molecule has 0 aliphatic carbocycles. The highest BCUT2D eigenvalue weighted by Gasteiger charge is 2.23. The van der Waals surface area contributed by atoms with E-state index in [2.05, 4.69) is 0 Å². The summed E-state index contributed by atoms with van der Waals surface area (Å²) in [5.41, 5.74) is 5.53. The third-order valence-electron chi connectivity index (χ3n) is 1.97. The molecule has 1 heterocycles. The fraction of sp³-hybridized carbons (Fsp3) is 0.875. The van der Waals surface area contributed by atoms with E-state index in [1.807, 2.05) is 6.92 Å². The Bertz CT molecular complexity index is 143. The summed E-state index contributed by atoms with van der Waals surface area (Å²) >= 11 is 0. The quantitative estimate of drug-likeness (QED) is 0.590. The molecule has 0 spiro atoms. The fourth-order valence-corrected chi connectivity index (χ4v) is 0.951. The molecule has 0 radical (unpaired) electrons. The van der Waals surface area contributed by atoms with Crippen LogP contribution in [0.25, 0.3) is 0 Å². The van der Waals surface area contributed by atoms with Crippen molar-refractivity contribution in [3.63, 3.8) is 0 Å². The minimum atomic E-state index is -0.256. The van der Waals surface area contributed by atoms with E-state index in [4.69, 9.17) is 10.5 Å². The van der Waals surface area contributed by atoms with E-state index < -0.39 is 0 Å². The van der Waals surface area contributed by atoms with Crippen molar-refractivity contribution < 1.29 is 9.53 Å². The molecule has 1 aliphatic heterocycles. The van der Waals surface area contributed by atoms with E-state index in [-0.39, 0.29) is 11.8 Å². The Morgan fingerprint density at radius 3 is 2.91 bits per heavy atom. The highest BCUT2D eigenvalue weighted by Crippen LogP contribution is 2.15. The average molecular weight is 157 g/mol. The van der Waals surface area contributed by atoms with Gasteiger partial charge < -0.3 is 10.5 Å². The predicted octanol–water partition coefficient (Wildman–Crippen LogP) is 0.472. The zero-order chi connectivity index (χ0) is 8.27. The molecule has 1 aliphatic rings. The summed E-state index contributed by atoms with van der Waals surface area (Å²) in [6, 6.07) is -0.256. The molecule has 1 fully saturated rings. The highest BCUT2D eigenvalue weighted by atomic mass is 16.6. The van der Waals surface area contributed by atoms with Crippen LogP contribution in [0.2, 0.25) is 0 Å². The summed E-state index contributed by atoms with van der Waals surface area (Å²) in [5.74, 6) is 0.169. The molecule has 3 heteroatoms. The maximum Gasteiger partial charge on any atom is 0.149 e. The van der Waals surface area contributed by atoms with Gasteiger partial charge in [-0.15, -0.1) is 0 Å². The fourth-order valence-electron chi connectivity index (χ4n) is 0.951. The van der Waals surface area contributed by atoms with Crippen molar-refractivity contribution >= 4 is 5.78 Å². The van der Waals surface area contributed by atoms with Gasteiger partial charge in [0.15, 0.2) is 0 Å². The molecule has 1 rings (SSSR count). The van der Waals surface area contributed by atoms with Crippen LogP contribution in [-0.2, 0) is 9.53 Å². The van der Waals surface area contributed by atoms with Crippen LogP contribution in [0, 0.1) is 0 Å². The van der Waals surface area contributed by atoms with Gasteiger partial charge in [-0.05, 0) is 12.8 Å². The van der Waals surface area contributed by atoms with Crippen LogP contribution in [0.3, 0.4) is 0 Å². The van der Waals surface area contributed by atoms with Crippen LogP contribution in [0.4, 0.5) is 0 Å². The van der Waals surface area contributed by atoms with Gasteiger partial charge in [-0.3, -0.25) is 4.79 Å². The molecule has 0 amide bonds. The molecule has 0 aromatic carbocycles.